The lowest BCUT2D eigenvalue weighted by Gasteiger charge is -2.13. The number of rotatable bonds is 5. The lowest BCUT2D eigenvalue weighted by molar-refractivity contribution is -0.115. The zero-order valence-electron chi connectivity index (χ0n) is 11.8. The van der Waals surface area contributed by atoms with Gasteiger partial charge >= 0.3 is 0 Å². The average Bonchev–Trinajstić information content (AvgIpc) is 2.87. The maximum Gasteiger partial charge on any atom is 0.222 e. The van der Waals surface area contributed by atoms with Crippen LogP contribution in [0.5, 0.6) is 5.75 Å². The van der Waals surface area contributed by atoms with E-state index >= 15 is 0 Å². The summed E-state index contributed by atoms with van der Waals surface area (Å²) in [6, 6.07) is 3.21. The molecule has 0 aromatic carbocycles. The van der Waals surface area contributed by atoms with Crippen molar-refractivity contribution in [1.82, 2.24) is 4.98 Å². The van der Waals surface area contributed by atoms with Crippen LogP contribution in [0.1, 0.15) is 13.8 Å². The fourth-order valence-electron chi connectivity index (χ4n) is 1.75. The Balaban J connectivity index is 2.09. The van der Waals surface area contributed by atoms with E-state index in [-0.39, 0.29) is 11.8 Å². The number of hydrogen-bond acceptors (Lipinski definition) is 4. The highest BCUT2D eigenvalue weighted by Gasteiger charge is 2.18. The number of carbonyl (C=O) groups excluding carboxylic acids is 2. The number of anilines is 2. The van der Waals surface area contributed by atoms with E-state index in [1.165, 1.54) is 13.8 Å². The Labute approximate surface area is 124 Å². The van der Waals surface area contributed by atoms with Gasteiger partial charge in [0.05, 0.1) is 6.61 Å². The number of nitrogens with one attached hydrogen (secondary N) is 2. The molecule has 21 heavy (non-hydrogen) atoms. The minimum absolute atomic E-state index is 0.246. The highest BCUT2D eigenvalue weighted by molar-refractivity contribution is 5.90. The van der Waals surface area contributed by atoms with Crippen molar-refractivity contribution in [3.8, 4) is 5.75 Å². The van der Waals surface area contributed by atoms with Crippen LogP contribution < -0.4 is 15.4 Å². The molecule has 1 aliphatic rings. The van der Waals surface area contributed by atoms with Crippen LogP contribution in [0.15, 0.2) is 12.1 Å². The molecule has 5 radical (unpaired) electrons. The zero-order chi connectivity index (χ0) is 15.2. The molecule has 2 amide bonds. The molecule has 0 bridgehead atoms. The molecule has 2 N–H and O–H groups in total. The third-order valence-corrected chi connectivity index (χ3v) is 2.54. The molecule has 6 heteroatoms. The van der Waals surface area contributed by atoms with E-state index in [2.05, 4.69) is 15.6 Å². The standard InChI is InChI=1S/C15H16N3O3/c1-10(19)16-14-7-13(8-15(18-14)17-11(2)20)21-9-12-5-3-4-6-12/h3-8H,9H2,1-2H3,(H2,16,17,18,19,20). The quantitative estimate of drug-likeness (QED) is 0.864. The largest absolute Gasteiger partial charge is 0.493 e. The first-order valence-electron chi connectivity index (χ1n) is 6.43. The van der Waals surface area contributed by atoms with Gasteiger partial charge in [0, 0.05) is 31.9 Å². The van der Waals surface area contributed by atoms with Crippen LogP contribution in [0.4, 0.5) is 11.6 Å². The third-order valence-electron chi connectivity index (χ3n) is 2.54. The predicted molar refractivity (Wildman–Crippen MR) is 78.8 cm³/mol. The molecule has 1 aromatic heterocycles. The molecule has 0 aliphatic heterocycles. The first-order chi connectivity index (χ1) is 10.0. The van der Waals surface area contributed by atoms with Crippen LogP contribution >= 0.6 is 0 Å². The fourth-order valence-corrected chi connectivity index (χ4v) is 1.75. The van der Waals surface area contributed by atoms with E-state index in [9.17, 15) is 9.59 Å². The Morgan fingerprint density at radius 2 is 1.57 bits per heavy atom. The maximum atomic E-state index is 11.1. The van der Waals surface area contributed by atoms with E-state index in [0.29, 0.717) is 24.0 Å². The number of hydrogen-bond donors (Lipinski definition) is 2. The minimum atomic E-state index is -0.246. The smallest absolute Gasteiger partial charge is 0.222 e. The lowest BCUT2D eigenvalue weighted by Crippen LogP contribution is -2.13. The van der Waals surface area contributed by atoms with Crippen molar-refractivity contribution in [2.45, 2.75) is 13.8 Å². The van der Waals surface area contributed by atoms with E-state index in [0.717, 1.165) is 5.92 Å². The first-order valence-corrected chi connectivity index (χ1v) is 6.43. The van der Waals surface area contributed by atoms with Gasteiger partial charge in [-0.1, -0.05) is 0 Å². The zero-order valence-corrected chi connectivity index (χ0v) is 11.8. The van der Waals surface area contributed by atoms with Crippen molar-refractivity contribution >= 4 is 23.5 Å². The van der Waals surface area contributed by atoms with Crippen molar-refractivity contribution in [2.24, 2.45) is 0 Å². The Hall–Kier alpha value is -2.11. The fraction of sp³-hybridized carbons (Fsp3) is 0.200. The summed E-state index contributed by atoms with van der Waals surface area (Å²) in [7, 11) is 0. The number of aromatic nitrogens is 1. The molecule has 0 saturated heterocycles. The van der Waals surface area contributed by atoms with E-state index in [4.69, 9.17) is 4.74 Å². The summed E-state index contributed by atoms with van der Waals surface area (Å²) in [5, 5.41) is 5.14. The van der Waals surface area contributed by atoms with Crippen molar-refractivity contribution in [2.75, 3.05) is 17.2 Å². The number of amides is 2. The molecule has 1 aromatic rings. The molecule has 0 spiro atoms. The van der Waals surface area contributed by atoms with E-state index in [1.54, 1.807) is 12.1 Å². The lowest BCUT2D eigenvalue weighted by atomic mass is 10.1. The van der Waals surface area contributed by atoms with Crippen LogP contribution in [0, 0.1) is 31.6 Å². The second-order valence-corrected chi connectivity index (χ2v) is 4.52. The summed E-state index contributed by atoms with van der Waals surface area (Å²) in [6.45, 7) is 3.17. The summed E-state index contributed by atoms with van der Waals surface area (Å²) in [4.78, 5) is 26.4. The van der Waals surface area contributed by atoms with Gasteiger partial charge in [-0.2, -0.15) is 0 Å². The summed E-state index contributed by atoms with van der Waals surface area (Å²) in [6.07, 6.45) is 7.75. The molecule has 0 atom stereocenters. The highest BCUT2D eigenvalue weighted by atomic mass is 16.5. The van der Waals surface area contributed by atoms with Crippen LogP contribution in [0.25, 0.3) is 0 Å². The SMILES string of the molecule is CC(=O)Nc1cc(OC[C]2[CH][CH][CH][CH]2)cc(NC(C)=O)n1. The van der Waals surface area contributed by atoms with Gasteiger partial charge in [0.2, 0.25) is 11.8 Å². The first kappa shape index (κ1) is 15.3. The molecular weight excluding hydrogens is 270 g/mol. The normalized spacial score (nSPS) is 14.8. The summed E-state index contributed by atoms with van der Waals surface area (Å²) >= 11 is 0. The molecule has 6 nitrogen and oxygen atoms in total. The Bertz CT molecular complexity index is 491. The third kappa shape index (κ3) is 5.06. The Morgan fingerprint density at radius 1 is 1.05 bits per heavy atom. The number of carbonyl (C=O) groups is 2. The molecular formula is C15H16N3O3. The maximum absolute atomic E-state index is 11.1. The number of pyridine rings is 1. The molecule has 1 fully saturated rings. The molecule has 1 heterocycles. The van der Waals surface area contributed by atoms with Gasteiger partial charge in [0.1, 0.15) is 17.4 Å². The van der Waals surface area contributed by atoms with Gasteiger partial charge in [-0.05, 0) is 25.7 Å². The molecule has 0 unspecified atom stereocenters. The van der Waals surface area contributed by atoms with Crippen LogP contribution in [0.3, 0.4) is 0 Å². The predicted octanol–water partition coefficient (Wildman–Crippen LogP) is 1.78. The minimum Gasteiger partial charge on any atom is -0.493 e. The Kier molecular flexibility index (Phi) is 5.14. The molecule has 2 rings (SSSR count). The van der Waals surface area contributed by atoms with Crippen LogP contribution in [-0.2, 0) is 9.59 Å². The molecule has 1 saturated carbocycles. The van der Waals surface area contributed by atoms with Gasteiger partial charge in [0.25, 0.3) is 0 Å². The number of nitrogens with zero attached hydrogens (tertiary/aromatic N) is 1. The van der Waals surface area contributed by atoms with Crippen LogP contribution in [0.2, 0.25) is 0 Å². The second-order valence-electron chi connectivity index (χ2n) is 4.52. The van der Waals surface area contributed by atoms with Crippen LogP contribution in [-0.4, -0.2) is 23.4 Å². The Morgan fingerprint density at radius 3 is 2.05 bits per heavy atom. The monoisotopic (exact) mass is 286 g/mol. The summed E-state index contributed by atoms with van der Waals surface area (Å²) in [5.41, 5.74) is 0. The van der Waals surface area contributed by atoms with Crippen molar-refractivity contribution in [3.63, 3.8) is 0 Å². The van der Waals surface area contributed by atoms with Gasteiger partial charge in [-0.3, -0.25) is 9.59 Å². The molecule has 1 aliphatic carbocycles. The van der Waals surface area contributed by atoms with Crippen molar-refractivity contribution in [1.29, 1.82) is 0 Å². The average molecular weight is 286 g/mol. The summed E-state index contributed by atoms with van der Waals surface area (Å²) < 4.78 is 5.65. The van der Waals surface area contributed by atoms with E-state index in [1.807, 2.05) is 25.7 Å². The van der Waals surface area contributed by atoms with Gasteiger partial charge < -0.3 is 15.4 Å². The summed E-state index contributed by atoms with van der Waals surface area (Å²) in [5.74, 6) is 1.71. The second kappa shape index (κ2) is 7.06. The topological polar surface area (TPSA) is 80.3 Å². The van der Waals surface area contributed by atoms with Crippen molar-refractivity contribution < 1.29 is 14.3 Å². The molecule has 109 valence electrons. The number of ether oxygens (including phenoxy) is 1. The van der Waals surface area contributed by atoms with Gasteiger partial charge in [-0.25, -0.2) is 4.98 Å². The van der Waals surface area contributed by atoms with E-state index < -0.39 is 0 Å². The van der Waals surface area contributed by atoms with Gasteiger partial charge in [0.15, 0.2) is 0 Å². The highest BCUT2D eigenvalue weighted by Crippen LogP contribution is 2.26. The van der Waals surface area contributed by atoms with Crippen molar-refractivity contribution in [3.05, 3.63) is 43.7 Å². The van der Waals surface area contributed by atoms with Gasteiger partial charge in [-0.15, -0.1) is 0 Å².